The van der Waals surface area contributed by atoms with Gasteiger partial charge in [-0.25, -0.2) is 8.42 Å². The molecule has 13 heteroatoms. The number of carboxylic acids is 1. The fourth-order valence-corrected chi connectivity index (χ4v) is 4.11. The summed E-state index contributed by atoms with van der Waals surface area (Å²) in [6.07, 6.45) is 19.5. The number of aliphatic carboxylic acids is 1. The van der Waals surface area contributed by atoms with Gasteiger partial charge in [0.05, 0.1) is 30.9 Å². The fourth-order valence-electron chi connectivity index (χ4n) is 3.54. The molecule has 216 valence electrons. The van der Waals surface area contributed by atoms with Crippen molar-refractivity contribution in [3.63, 3.8) is 0 Å². The van der Waals surface area contributed by atoms with E-state index in [2.05, 4.69) is 29.1 Å². The fraction of sp³-hybridized carbons (Fsp3) is 0.808. The van der Waals surface area contributed by atoms with Crippen LogP contribution in [0.2, 0.25) is 0 Å². The van der Waals surface area contributed by atoms with Gasteiger partial charge in [0.15, 0.2) is 0 Å². The molecule has 0 aromatic rings. The van der Waals surface area contributed by atoms with E-state index in [1.807, 2.05) is 0 Å². The number of hydrogen-bond donors (Lipinski definition) is 1. The molecule has 0 aromatic heterocycles. The van der Waals surface area contributed by atoms with E-state index >= 15 is 0 Å². The number of rotatable bonds is 25. The molecule has 10 nitrogen and oxygen atoms in total. The number of carboxylic acid groups (broad SMARTS) is 1. The van der Waals surface area contributed by atoms with Crippen LogP contribution in [0.1, 0.15) is 103 Å². The number of carbonyl (C=O) groups excluding carboxylic acids is 3. The molecule has 1 amide bonds. The summed E-state index contributed by atoms with van der Waals surface area (Å²) in [5.74, 6) is -3.37. The van der Waals surface area contributed by atoms with Crippen LogP contribution in [0.4, 0.5) is 0 Å². The molecule has 0 aliphatic heterocycles. The molecule has 1 unspecified atom stereocenters. The van der Waals surface area contributed by atoms with Crippen LogP contribution in [0.3, 0.4) is 0 Å². The van der Waals surface area contributed by atoms with Gasteiger partial charge in [0.25, 0.3) is 0 Å². The minimum Gasteiger partial charge on any atom is -0.747 e. The summed E-state index contributed by atoms with van der Waals surface area (Å²) in [6.45, 7) is 2.43. The van der Waals surface area contributed by atoms with E-state index in [9.17, 15) is 32.5 Å². The smallest absolute Gasteiger partial charge is 0.747 e. The van der Waals surface area contributed by atoms with Crippen molar-refractivity contribution in [1.82, 2.24) is 5.32 Å². The Kier molecular flexibility index (Phi) is 32.9. The second kappa shape index (κ2) is 29.5. The molecule has 0 aliphatic carbocycles. The van der Waals surface area contributed by atoms with Crippen LogP contribution in [0, 0.1) is 0 Å². The van der Waals surface area contributed by atoms with Gasteiger partial charge in [-0.3, -0.25) is 9.59 Å². The molecule has 39 heavy (non-hydrogen) atoms. The summed E-state index contributed by atoms with van der Waals surface area (Å²) in [4.78, 5) is 33.9. The Balaban J connectivity index is -0.00000648. The second-order valence-corrected chi connectivity index (χ2v) is 10.6. The van der Waals surface area contributed by atoms with Gasteiger partial charge in [-0.2, -0.15) is 0 Å². The topological polar surface area (TPSA) is 162 Å². The maximum atomic E-state index is 11.8. The van der Waals surface area contributed by atoms with Gasteiger partial charge in [-0.05, 0) is 32.1 Å². The van der Waals surface area contributed by atoms with Crippen molar-refractivity contribution < 1.29 is 101 Å². The monoisotopic (exact) mass is 593 g/mol. The third kappa shape index (κ3) is 29.3. The van der Waals surface area contributed by atoms with E-state index in [0.717, 1.165) is 25.7 Å². The summed E-state index contributed by atoms with van der Waals surface area (Å²) in [6, 6.07) is 0. The number of amides is 1. The van der Waals surface area contributed by atoms with Gasteiger partial charge in [-0.1, -0.05) is 70.4 Å². The van der Waals surface area contributed by atoms with Gasteiger partial charge < -0.3 is 29.2 Å². The third-order valence-corrected chi connectivity index (χ3v) is 6.74. The summed E-state index contributed by atoms with van der Waals surface area (Å²) in [5, 5.41) is 10.9. The number of ether oxygens (including phenoxy) is 2. The number of nitrogens with one attached hydrogen (secondary N) is 1. The van der Waals surface area contributed by atoms with E-state index in [-0.39, 0.29) is 84.8 Å². The van der Waals surface area contributed by atoms with E-state index in [1.165, 1.54) is 57.8 Å². The Labute approximate surface area is 279 Å². The van der Waals surface area contributed by atoms with Gasteiger partial charge in [0, 0.05) is 13.0 Å². The molecule has 0 aliphatic rings. The summed E-state index contributed by atoms with van der Waals surface area (Å²) in [7, 11) is -5.22. The molecule has 0 saturated carbocycles. The standard InChI is InChI=1S/C26H47NO9S.2Na/c1-2-3-4-5-6-7-8-9-10-11-12-13-14-15-16-17-24(28)27-18-19-35-20-21-36-25(29)22-23(26(30)31)37(32,33)34;;/h9-10,23H,2-8,11-22H2,1H3,(H,27,28)(H,30,31)(H,32,33,34);;/q;2*+1/p-2/b10-9-;;. The Morgan fingerprint density at radius 1 is 0.821 bits per heavy atom. The summed E-state index contributed by atoms with van der Waals surface area (Å²) < 4.78 is 42.1. The number of unbranched alkanes of at least 4 members (excludes halogenated alkanes) is 11. The Hall–Kier alpha value is 0.0200. The van der Waals surface area contributed by atoms with Crippen molar-refractivity contribution in [2.24, 2.45) is 0 Å². The van der Waals surface area contributed by atoms with Crippen molar-refractivity contribution in [1.29, 1.82) is 0 Å². The Bertz CT molecular complexity index is 765. The Morgan fingerprint density at radius 2 is 1.36 bits per heavy atom. The van der Waals surface area contributed by atoms with Crippen molar-refractivity contribution >= 4 is 28.0 Å². The van der Waals surface area contributed by atoms with Crippen LogP contribution in [0.15, 0.2) is 12.2 Å². The van der Waals surface area contributed by atoms with Crippen molar-refractivity contribution in [3.8, 4) is 0 Å². The van der Waals surface area contributed by atoms with Crippen LogP contribution >= 0.6 is 0 Å². The average Bonchev–Trinajstić information content (AvgIpc) is 2.83. The zero-order chi connectivity index (χ0) is 27.8. The maximum absolute atomic E-state index is 11.8. The zero-order valence-corrected chi connectivity index (χ0v) is 29.1. The van der Waals surface area contributed by atoms with Gasteiger partial charge in [0.2, 0.25) is 5.91 Å². The molecule has 0 radical (unpaired) electrons. The van der Waals surface area contributed by atoms with Crippen LogP contribution in [-0.2, 0) is 34.0 Å². The summed E-state index contributed by atoms with van der Waals surface area (Å²) in [5.41, 5.74) is 0. The van der Waals surface area contributed by atoms with Crippen molar-refractivity contribution in [3.05, 3.63) is 12.2 Å². The van der Waals surface area contributed by atoms with Gasteiger partial charge in [-0.15, -0.1) is 0 Å². The zero-order valence-electron chi connectivity index (χ0n) is 24.2. The van der Waals surface area contributed by atoms with Crippen LogP contribution < -0.4 is 69.5 Å². The first kappa shape index (κ1) is 43.5. The van der Waals surface area contributed by atoms with E-state index < -0.39 is 33.7 Å². The predicted octanol–water partition coefficient (Wildman–Crippen LogP) is -3.24. The van der Waals surface area contributed by atoms with Crippen molar-refractivity contribution in [2.45, 2.75) is 108 Å². The molecular formula is C26H45NNa2O9S. The number of carbonyl (C=O) groups is 3. The van der Waals surface area contributed by atoms with E-state index in [0.29, 0.717) is 13.0 Å². The molecule has 0 saturated heterocycles. The molecule has 0 rings (SSSR count). The molecule has 0 spiro atoms. The minimum absolute atomic E-state index is 0. The first-order valence-electron chi connectivity index (χ1n) is 13.5. The minimum atomic E-state index is -5.22. The second-order valence-electron chi connectivity index (χ2n) is 9.02. The molecule has 1 atom stereocenters. The van der Waals surface area contributed by atoms with Gasteiger partial charge in [0.1, 0.15) is 16.7 Å². The Morgan fingerprint density at radius 3 is 1.90 bits per heavy atom. The van der Waals surface area contributed by atoms with E-state index in [1.54, 1.807) is 0 Å². The quantitative estimate of drug-likeness (QED) is 0.0377. The SMILES string of the molecule is CCCCCCCC/C=C\CCCCCCCC(=O)NCCOCCOC(=O)CC(C(=O)[O-])S(=O)(=O)[O-].[Na+].[Na+]. The first-order valence-corrected chi connectivity index (χ1v) is 15.0. The molecule has 0 bridgehead atoms. The number of esters is 1. The molecular weight excluding hydrogens is 548 g/mol. The molecule has 0 aromatic carbocycles. The van der Waals surface area contributed by atoms with E-state index in [4.69, 9.17) is 4.74 Å². The van der Waals surface area contributed by atoms with Crippen LogP contribution in [-0.4, -0.2) is 62.4 Å². The maximum Gasteiger partial charge on any atom is 1.00 e. The first-order chi connectivity index (χ1) is 17.7. The average molecular weight is 594 g/mol. The largest absolute Gasteiger partial charge is 1.00 e. The van der Waals surface area contributed by atoms with Crippen LogP contribution in [0.25, 0.3) is 0 Å². The number of hydrogen-bond acceptors (Lipinski definition) is 9. The predicted molar refractivity (Wildman–Crippen MR) is 137 cm³/mol. The molecule has 1 N–H and O–H groups in total. The summed E-state index contributed by atoms with van der Waals surface area (Å²) >= 11 is 0. The number of allylic oxidation sites excluding steroid dienone is 2. The molecule has 0 fully saturated rings. The van der Waals surface area contributed by atoms with Crippen molar-refractivity contribution in [2.75, 3.05) is 26.4 Å². The van der Waals surface area contributed by atoms with Gasteiger partial charge >= 0.3 is 65.1 Å². The normalized spacial score (nSPS) is 11.8. The van der Waals surface area contributed by atoms with Crippen LogP contribution in [0.5, 0.6) is 0 Å². The third-order valence-electron chi connectivity index (χ3n) is 5.69. The molecule has 0 heterocycles.